The van der Waals surface area contributed by atoms with Gasteiger partial charge >= 0.3 is 0 Å². The van der Waals surface area contributed by atoms with E-state index in [1.165, 1.54) is 0 Å². The molecule has 3 rings (SSSR count). The average Bonchev–Trinajstić information content (AvgIpc) is 3.20. The zero-order valence-corrected chi connectivity index (χ0v) is 14.1. The third-order valence-corrected chi connectivity index (χ3v) is 4.25. The van der Waals surface area contributed by atoms with Crippen LogP contribution in [0.25, 0.3) is 0 Å². The highest BCUT2D eigenvalue weighted by atomic mass is 16.6. The van der Waals surface area contributed by atoms with Crippen molar-refractivity contribution in [3.05, 3.63) is 52.9 Å². The Labute approximate surface area is 140 Å². The van der Waals surface area contributed by atoms with E-state index in [4.69, 9.17) is 9.36 Å². The maximum absolute atomic E-state index is 12.3. The molecule has 0 spiro atoms. The summed E-state index contributed by atoms with van der Waals surface area (Å²) in [7, 11) is 0. The predicted molar refractivity (Wildman–Crippen MR) is 89.7 cm³/mol. The molecule has 1 N–H and O–H groups in total. The number of nitrogens with zero attached hydrogens (tertiary/aromatic N) is 2. The molecule has 1 aliphatic heterocycles. The van der Waals surface area contributed by atoms with Crippen molar-refractivity contribution in [1.82, 2.24) is 10.5 Å². The van der Waals surface area contributed by atoms with Gasteiger partial charge in [-0.05, 0) is 19.4 Å². The number of hydrogen-bond acceptors (Lipinski definition) is 5. The Balaban J connectivity index is 1.55. The fraction of sp³-hybridized carbons (Fsp3) is 0.389. The molecule has 0 aliphatic carbocycles. The molecule has 126 valence electrons. The number of carbonyl (C=O) groups excluding carboxylic acids is 1. The predicted octanol–water partition coefficient (Wildman–Crippen LogP) is 3.03. The molecular formula is C18H21N3O3. The van der Waals surface area contributed by atoms with Crippen LogP contribution >= 0.6 is 0 Å². The number of oxime groups is 1. The Morgan fingerprint density at radius 1 is 1.33 bits per heavy atom. The number of rotatable bonds is 5. The van der Waals surface area contributed by atoms with Gasteiger partial charge in [0.15, 0.2) is 6.10 Å². The lowest BCUT2D eigenvalue weighted by atomic mass is 9.99. The first-order valence-electron chi connectivity index (χ1n) is 8.05. The molecule has 0 saturated heterocycles. The summed E-state index contributed by atoms with van der Waals surface area (Å²) in [5.74, 6) is 0.722. The van der Waals surface area contributed by atoms with Crippen molar-refractivity contribution in [3.63, 3.8) is 0 Å². The minimum Gasteiger partial charge on any atom is -0.387 e. The number of nitrogens with one attached hydrogen (secondary N) is 1. The van der Waals surface area contributed by atoms with Crippen molar-refractivity contribution in [2.45, 2.75) is 39.2 Å². The first-order chi connectivity index (χ1) is 11.6. The van der Waals surface area contributed by atoms with Gasteiger partial charge in [-0.25, -0.2) is 0 Å². The number of aromatic nitrogens is 1. The standard InChI is InChI=1S/C18H21N3O3/c1-11(17-12(2)20-23-13(17)3)10-19-18(22)15-9-16(24-21-15)14-7-5-4-6-8-14/h4-8,11,16H,9-10H2,1-3H3,(H,19,22)/t11-,16+/m1/s1. The normalized spacial score (nSPS) is 18.0. The second kappa shape index (κ2) is 6.86. The van der Waals surface area contributed by atoms with Crippen LogP contribution in [0.4, 0.5) is 0 Å². The lowest BCUT2D eigenvalue weighted by molar-refractivity contribution is -0.115. The van der Waals surface area contributed by atoms with Crippen LogP contribution in [0.2, 0.25) is 0 Å². The van der Waals surface area contributed by atoms with Crippen molar-refractivity contribution >= 4 is 11.6 Å². The minimum atomic E-state index is -0.188. The lowest BCUT2D eigenvalue weighted by Gasteiger charge is -2.12. The van der Waals surface area contributed by atoms with Gasteiger partial charge in [0.1, 0.15) is 11.5 Å². The van der Waals surface area contributed by atoms with E-state index in [9.17, 15) is 4.79 Å². The molecule has 0 fully saturated rings. The van der Waals surface area contributed by atoms with E-state index in [2.05, 4.69) is 15.6 Å². The highest BCUT2D eigenvalue weighted by molar-refractivity contribution is 6.39. The summed E-state index contributed by atoms with van der Waals surface area (Å²) in [5.41, 5.74) is 3.35. The highest BCUT2D eigenvalue weighted by Crippen LogP contribution is 2.27. The molecule has 1 amide bonds. The van der Waals surface area contributed by atoms with Crippen LogP contribution in [0, 0.1) is 13.8 Å². The Bertz CT molecular complexity index is 733. The van der Waals surface area contributed by atoms with Crippen LogP contribution in [0.3, 0.4) is 0 Å². The summed E-state index contributed by atoms with van der Waals surface area (Å²) in [6, 6.07) is 9.79. The quantitative estimate of drug-likeness (QED) is 0.916. The molecule has 1 aromatic carbocycles. The molecule has 1 aliphatic rings. The van der Waals surface area contributed by atoms with Gasteiger partial charge in [0.05, 0.1) is 5.69 Å². The van der Waals surface area contributed by atoms with Crippen LogP contribution in [-0.4, -0.2) is 23.3 Å². The molecule has 0 unspecified atom stereocenters. The van der Waals surface area contributed by atoms with Crippen LogP contribution in [0.5, 0.6) is 0 Å². The number of carbonyl (C=O) groups is 1. The summed E-state index contributed by atoms with van der Waals surface area (Å²) in [5, 5.41) is 10.8. The summed E-state index contributed by atoms with van der Waals surface area (Å²) in [4.78, 5) is 17.7. The third-order valence-electron chi connectivity index (χ3n) is 4.25. The Hall–Kier alpha value is -2.63. The number of benzene rings is 1. The molecular weight excluding hydrogens is 306 g/mol. The van der Waals surface area contributed by atoms with E-state index in [-0.39, 0.29) is 17.9 Å². The van der Waals surface area contributed by atoms with E-state index in [0.29, 0.717) is 18.7 Å². The molecule has 2 aromatic rings. The zero-order valence-electron chi connectivity index (χ0n) is 14.1. The fourth-order valence-corrected chi connectivity index (χ4v) is 3.00. The largest absolute Gasteiger partial charge is 0.387 e. The monoisotopic (exact) mass is 327 g/mol. The van der Waals surface area contributed by atoms with Gasteiger partial charge in [0.2, 0.25) is 0 Å². The summed E-state index contributed by atoms with van der Waals surface area (Å²) in [6.07, 6.45) is 0.294. The summed E-state index contributed by atoms with van der Waals surface area (Å²) in [6.45, 7) is 6.32. The molecule has 0 saturated carbocycles. The van der Waals surface area contributed by atoms with Gasteiger partial charge in [-0.1, -0.05) is 47.6 Å². The van der Waals surface area contributed by atoms with Gasteiger partial charge in [-0.2, -0.15) is 0 Å². The Morgan fingerprint density at radius 2 is 2.08 bits per heavy atom. The van der Waals surface area contributed by atoms with E-state index < -0.39 is 0 Å². The second-order valence-corrected chi connectivity index (χ2v) is 6.10. The van der Waals surface area contributed by atoms with E-state index in [0.717, 1.165) is 22.6 Å². The maximum atomic E-state index is 12.3. The third kappa shape index (κ3) is 3.32. The molecule has 2 atom stereocenters. The number of hydrogen-bond donors (Lipinski definition) is 1. The van der Waals surface area contributed by atoms with Gasteiger partial charge in [-0.3, -0.25) is 4.79 Å². The van der Waals surface area contributed by atoms with Crippen molar-refractivity contribution in [1.29, 1.82) is 0 Å². The molecule has 24 heavy (non-hydrogen) atoms. The second-order valence-electron chi connectivity index (χ2n) is 6.10. The lowest BCUT2D eigenvalue weighted by Crippen LogP contribution is -2.33. The molecule has 0 radical (unpaired) electrons. The van der Waals surface area contributed by atoms with Crippen LogP contribution in [0.15, 0.2) is 40.0 Å². The first-order valence-corrected chi connectivity index (χ1v) is 8.05. The smallest absolute Gasteiger partial charge is 0.269 e. The number of amides is 1. The molecule has 6 nitrogen and oxygen atoms in total. The minimum absolute atomic E-state index is 0.119. The van der Waals surface area contributed by atoms with Crippen molar-refractivity contribution in [2.24, 2.45) is 5.16 Å². The van der Waals surface area contributed by atoms with Crippen molar-refractivity contribution in [3.8, 4) is 0 Å². The van der Waals surface area contributed by atoms with Crippen LogP contribution < -0.4 is 5.32 Å². The Morgan fingerprint density at radius 3 is 2.75 bits per heavy atom. The molecule has 2 heterocycles. The topological polar surface area (TPSA) is 76.7 Å². The molecule has 1 aromatic heterocycles. The van der Waals surface area contributed by atoms with E-state index >= 15 is 0 Å². The van der Waals surface area contributed by atoms with Crippen LogP contribution in [0.1, 0.15) is 47.9 Å². The first kappa shape index (κ1) is 16.2. The van der Waals surface area contributed by atoms with E-state index in [1.807, 2.05) is 51.1 Å². The van der Waals surface area contributed by atoms with Crippen molar-refractivity contribution < 1.29 is 14.2 Å². The summed E-state index contributed by atoms with van der Waals surface area (Å²) >= 11 is 0. The van der Waals surface area contributed by atoms with Gasteiger partial charge in [0, 0.05) is 24.4 Å². The van der Waals surface area contributed by atoms with Gasteiger partial charge in [0.25, 0.3) is 5.91 Å². The van der Waals surface area contributed by atoms with Crippen LogP contribution in [-0.2, 0) is 9.63 Å². The van der Waals surface area contributed by atoms with Gasteiger partial charge in [-0.15, -0.1) is 0 Å². The van der Waals surface area contributed by atoms with Gasteiger partial charge < -0.3 is 14.7 Å². The molecule has 6 heteroatoms. The summed E-state index contributed by atoms with van der Waals surface area (Å²) < 4.78 is 5.18. The van der Waals surface area contributed by atoms with E-state index in [1.54, 1.807) is 0 Å². The highest BCUT2D eigenvalue weighted by Gasteiger charge is 2.27. The average molecular weight is 327 g/mol. The number of aryl methyl sites for hydroxylation is 2. The SMILES string of the molecule is Cc1noc(C)c1[C@H](C)CNC(=O)C1=NO[C@H](c2ccccc2)C1. The zero-order chi connectivity index (χ0) is 17.1. The fourth-order valence-electron chi connectivity index (χ4n) is 3.00. The Kier molecular flexibility index (Phi) is 4.64. The van der Waals surface area contributed by atoms with Crippen molar-refractivity contribution in [2.75, 3.05) is 6.54 Å². The molecule has 0 bridgehead atoms. The maximum Gasteiger partial charge on any atom is 0.269 e.